The molecule has 0 unspecified atom stereocenters. The fourth-order valence-electron chi connectivity index (χ4n) is 3.33. The first-order valence-electron chi connectivity index (χ1n) is 9.26. The number of aryl methyl sites for hydroxylation is 1. The van der Waals surface area contributed by atoms with Gasteiger partial charge in [-0.25, -0.2) is 0 Å². The summed E-state index contributed by atoms with van der Waals surface area (Å²) in [6.07, 6.45) is 3.38. The Hall–Kier alpha value is -2.08. The van der Waals surface area contributed by atoms with Crippen LogP contribution < -0.4 is 11.1 Å². The number of amides is 1. The van der Waals surface area contributed by atoms with Gasteiger partial charge in [-0.05, 0) is 37.5 Å². The van der Waals surface area contributed by atoms with Gasteiger partial charge in [-0.15, -0.1) is 0 Å². The van der Waals surface area contributed by atoms with Crippen molar-refractivity contribution in [3.8, 4) is 0 Å². The second kappa shape index (κ2) is 8.34. The van der Waals surface area contributed by atoms with Crippen LogP contribution in [0.15, 0.2) is 29.3 Å². The van der Waals surface area contributed by atoms with Crippen molar-refractivity contribution in [1.29, 1.82) is 0 Å². The van der Waals surface area contributed by atoms with Gasteiger partial charge in [0.05, 0.1) is 6.54 Å². The van der Waals surface area contributed by atoms with E-state index in [4.69, 9.17) is 5.73 Å². The number of guanidine groups is 1. The van der Waals surface area contributed by atoms with Crippen LogP contribution in [0, 0.1) is 12.8 Å². The third-order valence-corrected chi connectivity index (χ3v) is 5.13. The largest absolute Gasteiger partial charge is 0.370 e. The fraction of sp³-hybridized carbons (Fsp3) is 0.579. The predicted molar refractivity (Wildman–Crippen MR) is 102 cm³/mol. The molecule has 1 aliphatic heterocycles. The zero-order valence-electron chi connectivity index (χ0n) is 15.1. The first-order valence-corrected chi connectivity index (χ1v) is 9.26. The van der Waals surface area contributed by atoms with Crippen LogP contribution in [0.2, 0.25) is 0 Å². The van der Waals surface area contributed by atoms with Crippen LogP contribution in [0.1, 0.15) is 24.8 Å². The maximum atomic E-state index is 12.2. The summed E-state index contributed by atoms with van der Waals surface area (Å²) in [5.74, 6) is 1.13. The molecule has 1 saturated heterocycles. The zero-order valence-corrected chi connectivity index (χ0v) is 15.1. The number of carbonyl (C=O) groups is 1. The molecule has 1 amide bonds. The van der Waals surface area contributed by atoms with E-state index in [0.717, 1.165) is 51.3 Å². The molecule has 1 aromatic rings. The van der Waals surface area contributed by atoms with E-state index < -0.39 is 0 Å². The summed E-state index contributed by atoms with van der Waals surface area (Å²) in [7, 11) is 0. The molecule has 2 aliphatic rings. The highest BCUT2D eigenvalue weighted by Gasteiger charge is 2.30. The molecule has 6 heteroatoms. The van der Waals surface area contributed by atoms with Gasteiger partial charge in [0.2, 0.25) is 5.91 Å². The summed E-state index contributed by atoms with van der Waals surface area (Å²) in [5.41, 5.74) is 8.11. The molecule has 136 valence electrons. The Balaban J connectivity index is 1.37. The molecular weight excluding hydrogens is 314 g/mol. The number of nitrogens with zero attached hydrogens (tertiary/aromatic N) is 3. The van der Waals surface area contributed by atoms with Crippen LogP contribution in [0.5, 0.6) is 0 Å². The van der Waals surface area contributed by atoms with Crippen molar-refractivity contribution in [2.75, 3.05) is 44.6 Å². The number of anilines is 1. The van der Waals surface area contributed by atoms with Crippen molar-refractivity contribution in [2.45, 2.75) is 26.2 Å². The van der Waals surface area contributed by atoms with Crippen LogP contribution in [-0.2, 0) is 4.79 Å². The number of hydrogen-bond acceptors (Lipinski definition) is 3. The highest BCUT2D eigenvalue weighted by Crippen LogP contribution is 2.28. The van der Waals surface area contributed by atoms with Gasteiger partial charge in [0, 0.05) is 44.3 Å². The highest BCUT2D eigenvalue weighted by atomic mass is 16.2. The van der Waals surface area contributed by atoms with Gasteiger partial charge in [0.15, 0.2) is 5.96 Å². The van der Waals surface area contributed by atoms with Crippen LogP contribution in [-0.4, -0.2) is 60.9 Å². The number of carbonyl (C=O) groups excluding carboxylic acids is 1. The first kappa shape index (κ1) is 17.7. The van der Waals surface area contributed by atoms with Crippen molar-refractivity contribution in [2.24, 2.45) is 16.6 Å². The number of rotatable bonds is 5. The minimum atomic E-state index is 0.309. The Morgan fingerprint density at radius 2 is 2.04 bits per heavy atom. The third-order valence-electron chi connectivity index (χ3n) is 5.13. The molecule has 2 fully saturated rings. The Labute approximate surface area is 150 Å². The van der Waals surface area contributed by atoms with E-state index in [1.807, 2.05) is 36.1 Å². The third kappa shape index (κ3) is 4.95. The second-order valence-corrected chi connectivity index (χ2v) is 7.06. The molecule has 1 saturated carbocycles. The van der Waals surface area contributed by atoms with Gasteiger partial charge >= 0.3 is 0 Å². The summed E-state index contributed by atoms with van der Waals surface area (Å²) < 4.78 is 0. The maximum absolute atomic E-state index is 12.2. The van der Waals surface area contributed by atoms with E-state index in [-0.39, 0.29) is 0 Å². The molecule has 0 atom stereocenters. The smallest absolute Gasteiger partial charge is 0.225 e. The van der Waals surface area contributed by atoms with Crippen LogP contribution >= 0.6 is 0 Å². The molecule has 0 bridgehead atoms. The lowest BCUT2D eigenvalue weighted by Gasteiger charge is -2.38. The van der Waals surface area contributed by atoms with Gasteiger partial charge in [0.1, 0.15) is 0 Å². The molecule has 0 aromatic heterocycles. The lowest BCUT2D eigenvalue weighted by Crippen LogP contribution is -2.51. The molecule has 25 heavy (non-hydrogen) atoms. The van der Waals surface area contributed by atoms with Gasteiger partial charge in [-0.3, -0.25) is 14.7 Å². The summed E-state index contributed by atoms with van der Waals surface area (Å²) in [6, 6.07) is 8.07. The summed E-state index contributed by atoms with van der Waals surface area (Å²) >= 11 is 0. The van der Waals surface area contributed by atoms with Crippen LogP contribution in [0.3, 0.4) is 0 Å². The van der Waals surface area contributed by atoms with Crippen molar-refractivity contribution >= 4 is 17.6 Å². The van der Waals surface area contributed by atoms with E-state index in [9.17, 15) is 4.79 Å². The highest BCUT2D eigenvalue weighted by molar-refractivity contribution is 5.92. The lowest BCUT2D eigenvalue weighted by molar-refractivity contribution is -0.139. The Morgan fingerprint density at radius 1 is 1.28 bits per heavy atom. The van der Waals surface area contributed by atoms with Crippen molar-refractivity contribution in [3.63, 3.8) is 0 Å². The van der Waals surface area contributed by atoms with E-state index in [1.165, 1.54) is 12.0 Å². The molecule has 1 aromatic carbocycles. The summed E-state index contributed by atoms with van der Waals surface area (Å²) in [4.78, 5) is 21.1. The second-order valence-electron chi connectivity index (χ2n) is 7.06. The molecule has 1 aliphatic carbocycles. The van der Waals surface area contributed by atoms with Crippen molar-refractivity contribution in [1.82, 2.24) is 9.80 Å². The first-order chi connectivity index (χ1) is 12.1. The number of hydrogen-bond donors (Lipinski definition) is 2. The average Bonchev–Trinajstić information content (AvgIpc) is 2.54. The van der Waals surface area contributed by atoms with Gasteiger partial charge in [-0.1, -0.05) is 18.6 Å². The fourth-order valence-corrected chi connectivity index (χ4v) is 3.33. The lowest BCUT2D eigenvalue weighted by atomic mass is 9.84. The zero-order chi connectivity index (χ0) is 17.6. The van der Waals surface area contributed by atoms with Crippen LogP contribution in [0.4, 0.5) is 5.69 Å². The Kier molecular flexibility index (Phi) is 5.91. The van der Waals surface area contributed by atoms with E-state index in [1.54, 1.807) is 0 Å². The number of aliphatic imine (C=N–C) groups is 1. The summed E-state index contributed by atoms with van der Waals surface area (Å²) in [6.45, 7) is 7.14. The van der Waals surface area contributed by atoms with E-state index >= 15 is 0 Å². The normalized spacial score (nSPS) is 19.6. The molecule has 0 radical (unpaired) electrons. The standard InChI is InChI=1S/C19H29N5O/c1-15-4-2-7-17(14-15)22-19(20)21-8-9-23-10-12-24(13-11-23)18(25)16-5-3-6-16/h2,4,7,14,16H,3,5-6,8-13H2,1H3,(H3,20,21,22). The van der Waals surface area contributed by atoms with Crippen molar-refractivity contribution in [3.05, 3.63) is 29.8 Å². The quantitative estimate of drug-likeness (QED) is 0.630. The maximum Gasteiger partial charge on any atom is 0.225 e. The van der Waals surface area contributed by atoms with E-state index in [0.29, 0.717) is 24.3 Å². The minimum Gasteiger partial charge on any atom is -0.370 e. The molecule has 0 spiro atoms. The molecule has 3 N–H and O–H groups in total. The predicted octanol–water partition coefficient (Wildman–Crippen LogP) is 1.67. The molecule has 3 rings (SSSR count). The van der Waals surface area contributed by atoms with Gasteiger partial charge in [0.25, 0.3) is 0 Å². The number of nitrogens with two attached hydrogens (primary N) is 1. The number of nitrogens with one attached hydrogen (secondary N) is 1. The SMILES string of the molecule is Cc1cccc(NC(N)=NCCN2CCN(C(=O)C3CCC3)CC2)c1. The van der Waals surface area contributed by atoms with Gasteiger partial charge in [-0.2, -0.15) is 0 Å². The average molecular weight is 343 g/mol. The number of piperazine rings is 1. The Morgan fingerprint density at radius 3 is 2.68 bits per heavy atom. The number of benzene rings is 1. The van der Waals surface area contributed by atoms with E-state index in [2.05, 4.69) is 15.2 Å². The van der Waals surface area contributed by atoms with Gasteiger partial charge < -0.3 is 16.0 Å². The Bertz CT molecular complexity index is 618. The summed E-state index contributed by atoms with van der Waals surface area (Å²) in [5, 5.41) is 3.12. The molecular formula is C19H29N5O. The van der Waals surface area contributed by atoms with Crippen molar-refractivity contribution < 1.29 is 4.79 Å². The monoisotopic (exact) mass is 343 g/mol. The molecule has 6 nitrogen and oxygen atoms in total. The van der Waals surface area contributed by atoms with Crippen LogP contribution in [0.25, 0.3) is 0 Å². The molecule has 1 heterocycles. The minimum absolute atomic E-state index is 0.309. The topological polar surface area (TPSA) is 74.0 Å².